The molecule has 2 atom stereocenters. The Kier molecular flexibility index (Phi) is 4.37. The standard InChI is InChI=1S/C12H20N2O3S/c1-2-3-9-4-5-13(6-9)12(17)14-8-18-7-10(14)11(15)16/h9-10H,2-8H2,1H3,(H,15,16)/t9?,10-/m0/s1. The van der Waals surface area contributed by atoms with Crippen molar-refractivity contribution in [3.63, 3.8) is 0 Å². The molecule has 6 heteroatoms. The Bertz CT molecular complexity index is 337. The van der Waals surface area contributed by atoms with Gasteiger partial charge in [-0.15, -0.1) is 11.8 Å². The molecule has 2 fully saturated rings. The summed E-state index contributed by atoms with van der Waals surface area (Å²) in [6.45, 7) is 3.72. The molecule has 0 bridgehead atoms. The number of amides is 2. The zero-order valence-corrected chi connectivity index (χ0v) is 11.5. The fourth-order valence-corrected chi connectivity index (χ4v) is 3.81. The minimum absolute atomic E-state index is 0.0917. The second kappa shape index (κ2) is 5.82. The normalized spacial score (nSPS) is 27.8. The quantitative estimate of drug-likeness (QED) is 0.849. The minimum Gasteiger partial charge on any atom is -0.480 e. The Morgan fingerprint density at radius 3 is 2.89 bits per heavy atom. The maximum absolute atomic E-state index is 12.3. The van der Waals surface area contributed by atoms with Gasteiger partial charge in [-0.1, -0.05) is 13.3 Å². The molecule has 2 aliphatic rings. The van der Waals surface area contributed by atoms with E-state index in [0.717, 1.165) is 32.4 Å². The lowest BCUT2D eigenvalue weighted by Gasteiger charge is -2.26. The Labute approximate surface area is 112 Å². The van der Waals surface area contributed by atoms with Gasteiger partial charge in [0.1, 0.15) is 6.04 Å². The lowest BCUT2D eigenvalue weighted by Crippen LogP contribution is -2.48. The van der Waals surface area contributed by atoms with Gasteiger partial charge in [0.2, 0.25) is 0 Å². The molecule has 18 heavy (non-hydrogen) atoms. The highest BCUT2D eigenvalue weighted by molar-refractivity contribution is 7.99. The highest BCUT2D eigenvalue weighted by atomic mass is 32.2. The predicted molar refractivity (Wildman–Crippen MR) is 70.6 cm³/mol. The smallest absolute Gasteiger partial charge is 0.327 e. The van der Waals surface area contributed by atoms with Crippen molar-refractivity contribution < 1.29 is 14.7 Å². The van der Waals surface area contributed by atoms with E-state index in [1.807, 2.05) is 4.90 Å². The molecule has 0 radical (unpaired) electrons. The van der Waals surface area contributed by atoms with E-state index in [0.29, 0.717) is 17.5 Å². The van der Waals surface area contributed by atoms with Gasteiger partial charge in [-0.2, -0.15) is 0 Å². The van der Waals surface area contributed by atoms with Gasteiger partial charge >= 0.3 is 12.0 Å². The lowest BCUT2D eigenvalue weighted by atomic mass is 10.0. The largest absolute Gasteiger partial charge is 0.480 e. The SMILES string of the molecule is CCCC1CCN(C(=O)N2CSC[C@H]2C(=O)O)C1. The molecule has 2 amide bonds. The van der Waals surface area contributed by atoms with Gasteiger partial charge in [-0.25, -0.2) is 9.59 Å². The van der Waals surface area contributed by atoms with E-state index < -0.39 is 12.0 Å². The molecule has 0 aromatic heterocycles. The summed E-state index contributed by atoms with van der Waals surface area (Å²) in [6, 6.07) is -0.737. The fraction of sp³-hybridized carbons (Fsp3) is 0.833. The molecule has 0 saturated carbocycles. The predicted octanol–water partition coefficient (Wildman–Crippen LogP) is 1.69. The number of aliphatic carboxylic acids is 1. The molecule has 5 nitrogen and oxygen atoms in total. The van der Waals surface area contributed by atoms with Crippen molar-refractivity contribution in [1.82, 2.24) is 9.80 Å². The van der Waals surface area contributed by atoms with Crippen LogP contribution in [0.4, 0.5) is 4.79 Å². The molecule has 0 aromatic carbocycles. The van der Waals surface area contributed by atoms with Crippen molar-refractivity contribution >= 4 is 23.8 Å². The van der Waals surface area contributed by atoms with Gasteiger partial charge in [0, 0.05) is 18.8 Å². The van der Waals surface area contributed by atoms with Gasteiger partial charge in [-0.3, -0.25) is 0 Å². The number of hydrogen-bond donors (Lipinski definition) is 1. The summed E-state index contributed by atoms with van der Waals surface area (Å²) >= 11 is 1.51. The molecular weight excluding hydrogens is 252 g/mol. The first kappa shape index (κ1) is 13.5. The summed E-state index contributed by atoms with van der Waals surface area (Å²) in [5, 5.41) is 9.09. The number of likely N-dealkylation sites (tertiary alicyclic amines) is 1. The molecule has 0 aliphatic carbocycles. The van der Waals surface area contributed by atoms with Crippen LogP contribution in [0.25, 0.3) is 0 Å². The van der Waals surface area contributed by atoms with Crippen molar-refractivity contribution in [2.24, 2.45) is 5.92 Å². The van der Waals surface area contributed by atoms with Crippen LogP contribution in [0.5, 0.6) is 0 Å². The maximum atomic E-state index is 12.3. The lowest BCUT2D eigenvalue weighted by molar-refractivity contribution is -0.140. The summed E-state index contributed by atoms with van der Waals surface area (Å²) in [7, 11) is 0. The number of thioether (sulfide) groups is 1. The van der Waals surface area contributed by atoms with E-state index in [2.05, 4.69) is 6.92 Å². The Morgan fingerprint density at radius 1 is 1.44 bits per heavy atom. The van der Waals surface area contributed by atoms with Crippen LogP contribution in [-0.4, -0.2) is 57.7 Å². The van der Waals surface area contributed by atoms with E-state index in [1.165, 1.54) is 16.7 Å². The van der Waals surface area contributed by atoms with Gasteiger partial charge in [0.15, 0.2) is 0 Å². The first-order chi connectivity index (χ1) is 8.63. The number of nitrogens with zero attached hydrogens (tertiary/aromatic N) is 2. The second-order valence-electron chi connectivity index (χ2n) is 5.00. The summed E-state index contributed by atoms with van der Waals surface area (Å²) in [6.07, 6.45) is 3.35. The van der Waals surface area contributed by atoms with Crippen LogP contribution in [-0.2, 0) is 4.79 Å². The molecular formula is C12H20N2O3S. The van der Waals surface area contributed by atoms with Crippen LogP contribution >= 0.6 is 11.8 Å². The fourth-order valence-electron chi connectivity index (χ4n) is 2.67. The average Bonchev–Trinajstić information content (AvgIpc) is 2.96. The van der Waals surface area contributed by atoms with Gasteiger partial charge in [-0.05, 0) is 18.8 Å². The minimum atomic E-state index is -0.891. The van der Waals surface area contributed by atoms with Crippen molar-refractivity contribution in [2.45, 2.75) is 32.2 Å². The van der Waals surface area contributed by atoms with Crippen molar-refractivity contribution in [2.75, 3.05) is 24.7 Å². The van der Waals surface area contributed by atoms with E-state index in [9.17, 15) is 9.59 Å². The number of carboxylic acids is 1. The van der Waals surface area contributed by atoms with Crippen LogP contribution < -0.4 is 0 Å². The van der Waals surface area contributed by atoms with Crippen molar-refractivity contribution in [1.29, 1.82) is 0 Å². The van der Waals surface area contributed by atoms with Crippen molar-refractivity contribution in [3.8, 4) is 0 Å². The molecule has 0 spiro atoms. The number of hydrogen-bond acceptors (Lipinski definition) is 3. The molecule has 102 valence electrons. The summed E-state index contributed by atoms with van der Waals surface area (Å²) in [5.74, 6) is 0.716. The highest BCUT2D eigenvalue weighted by Crippen LogP contribution is 2.26. The van der Waals surface area contributed by atoms with E-state index in [-0.39, 0.29) is 6.03 Å². The zero-order valence-electron chi connectivity index (χ0n) is 10.7. The van der Waals surface area contributed by atoms with Crippen LogP contribution in [0.15, 0.2) is 0 Å². The zero-order chi connectivity index (χ0) is 13.1. The third-order valence-corrected chi connectivity index (χ3v) is 4.68. The first-order valence-electron chi connectivity index (χ1n) is 6.49. The number of urea groups is 1. The highest BCUT2D eigenvalue weighted by Gasteiger charge is 2.38. The molecule has 2 saturated heterocycles. The van der Waals surface area contributed by atoms with Crippen LogP contribution in [0.2, 0.25) is 0 Å². The summed E-state index contributed by atoms with van der Waals surface area (Å²) in [5.41, 5.74) is 0. The Hall–Kier alpha value is -0.910. The molecule has 2 rings (SSSR count). The third-order valence-electron chi connectivity index (χ3n) is 3.67. The van der Waals surface area contributed by atoms with E-state index in [1.54, 1.807) is 0 Å². The van der Waals surface area contributed by atoms with Gasteiger partial charge in [0.25, 0.3) is 0 Å². The monoisotopic (exact) mass is 272 g/mol. The van der Waals surface area contributed by atoms with E-state index >= 15 is 0 Å². The van der Waals surface area contributed by atoms with Crippen LogP contribution in [0.3, 0.4) is 0 Å². The van der Waals surface area contributed by atoms with Gasteiger partial charge in [0.05, 0.1) is 5.88 Å². The summed E-state index contributed by atoms with van der Waals surface area (Å²) < 4.78 is 0. The van der Waals surface area contributed by atoms with E-state index in [4.69, 9.17) is 5.11 Å². The first-order valence-corrected chi connectivity index (χ1v) is 7.65. The topological polar surface area (TPSA) is 60.9 Å². The number of carboxylic acid groups (broad SMARTS) is 1. The van der Waals surface area contributed by atoms with Crippen molar-refractivity contribution in [3.05, 3.63) is 0 Å². The number of carbonyl (C=O) groups is 2. The molecule has 1 N–H and O–H groups in total. The molecule has 2 heterocycles. The van der Waals surface area contributed by atoms with Gasteiger partial charge < -0.3 is 14.9 Å². The van der Waals surface area contributed by atoms with Crippen LogP contribution in [0, 0.1) is 5.92 Å². The summed E-state index contributed by atoms with van der Waals surface area (Å²) in [4.78, 5) is 26.7. The third kappa shape index (κ3) is 2.74. The average molecular weight is 272 g/mol. The molecule has 1 unspecified atom stereocenters. The molecule has 2 aliphatic heterocycles. The number of carbonyl (C=O) groups excluding carboxylic acids is 1. The Balaban J connectivity index is 1.93. The second-order valence-corrected chi connectivity index (χ2v) is 6.00. The maximum Gasteiger partial charge on any atom is 0.327 e. The molecule has 0 aromatic rings. The Morgan fingerprint density at radius 2 is 2.22 bits per heavy atom. The number of rotatable bonds is 3. The van der Waals surface area contributed by atoms with Crippen LogP contribution in [0.1, 0.15) is 26.2 Å².